The van der Waals surface area contributed by atoms with Crippen LogP contribution < -0.4 is 4.90 Å². The molecule has 1 amide bonds. The lowest BCUT2D eigenvalue weighted by Gasteiger charge is -2.17. The highest BCUT2D eigenvalue weighted by Crippen LogP contribution is 2.24. The fourth-order valence-electron chi connectivity index (χ4n) is 2.04. The number of fused-ring (bicyclic) bond motifs is 1. The number of pyridine rings is 1. The molecule has 0 saturated carbocycles. The van der Waals surface area contributed by atoms with E-state index < -0.39 is 0 Å². The number of halogens is 1. The molecule has 1 unspecified atom stereocenters. The van der Waals surface area contributed by atoms with E-state index >= 15 is 0 Å². The summed E-state index contributed by atoms with van der Waals surface area (Å²) in [6.07, 6.45) is 3.98. The second-order valence-corrected chi connectivity index (χ2v) is 4.46. The van der Waals surface area contributed by atoms with Crippen molar-refractivity contribution in [3.63, 3.8) is 0 Å². The van der Waals surface area contributed by atoms with Gasteiger partial charge in [-0.3, -0.25) is 14.1 Å². The van der Waals surface area contributed by atoms with Gasteiger partial charge in [0.2, 0.25) is 5.91 Å². The first-order valence-corrected chi connectivity index (χ1v) is 5.56. The fraction of sp³-hybridized carbons (Fsp3) is 0.273. The summed E-state index contributed by atoms with van der Waals surface area (Å²) in [4.78, 5) is 17.7. The summed E-state index contributed by atoms with van der Waals surface area (Å²) in [5, 5.41) is -0.0914. The highest BCUT2D eigenvalue weighted by Gasteiger charge is 2.30. The van der Waals surface area contributed by atoms with E-state index in [1.165, 1.54) is 0 Å². The zero-order chi connectivity index (χ0) is 11.1. The molecule has 4 nitrogen and oxygen atoms in total. The Morgan fingerprint density at radius 3 is 3.06 bits per heavy atom. The van der Waals surface area contributed by atoms with Crippen LogP contribution in [0.2, 0.25) is 0 Å². The minimum absolute atomic E-state index is 0.0706. The molecule has 1 fully saturated rings. The number of imidazole rings is 1. The maximum atomic E-state index is 11.8. The van der Waals surface area contributed by atoms with E-state index in [2.05, 4.69) is 4.98 Å². The molecule has 2 aromatic heterocycles. The molecule has 0 bridgehead atoms. The van der Waals surface area contributed by atoms with Gasteiger partial charge >= 0.3 is 0 Å². The lowest BCUT2D eigenvalue weighted by Crippen LogP contribution is -2.26. The Labute approximate surface area is 97.4 Å². The predicted molar refractivity (Wildman–Crippen MR) is 61.8 cm³/mol. The van der Waals surface area contributed by atoms with Crippen LogP contribution in [-0.2, 0) is 4.79 Å². The molecule has 16 heavy (non-hydrogen) atoms. The number of hydrogen-bond acceptors (Lipinski definition) is 2. The van der Waals surface area contributed by atoms with E-state index in [1.807, 2.05) is 28.8 Å². The van der Waals surface area contributed by atoms with Gasteiger partial charge in [-0.25, -0.2) is 4.98 Å². The summed E-state index contributed by atoms with van der Waals surface area (Å²) >= 11 is 5.99. The number of amides is 1. The molecule has 3 heterocycles. The zero-order valence-corrected chi connectivity index (χ0v) is 9.26. The lowest BCUT2D eigenvalue weighted by atomic mass is 10.4. The van der Waals surface area contributed by atoms with Crippen molar-refractivity contribution in [2.45, 2.75) is 11.8 Å². The van der Waals surface area contributed by atoms with Gasteiger partial charge in [0.1, 0.15) is 11.5 Å². The molecule has 0 aromatic carbocycles. The molecule has 1 atom stereocenters. The maximum absolute atomic E-state index is 11.8. The Hall–Kier alpha value is -1.55. The Morgan fingerprint density at radius 1 is 1.44 bits per heavy atom. The van der Waals surface area contributed by atoms with E-state index in [9.17, 15) is 4.79 Å². The Bertz CT molecular complexity index is 551. The van der Waals surface area contributed by atoms with Gasteiger partial charge in [0.25, 0.3) is 0 Å². The molecule has 82 valence electrons. The minimum Gasteiger partial charge on any atom is -0.296 e. The van der Waals surface area contributed by atoms with E-state index in [4.69, 9.17) is 11.6 Å². The third-order valence-electron chi connectivity index (χ3n) is 2.76. The number of anilines is 1. The van der Waals surface area contributed by atoms with Crippen molar-refractivity contribution in [3.8, 4) is 0 Å². The molecule has 1 aliphatic heterocycles. The molecular formula is C11H10ClN3O. The number of carbonyl (C=O) groups excluding carboxylic acids is 1. The van der Waals surface area contributed by atoms with Gasteiger partial charge in [0.05, 0.1) is 5.38 Å². The molecule has 5 heteroatoms. The van der Waals surface area contributed by atoms with Crippen molar-refractivity contribution < 1.29 is 4.79 Å². The van der Waals surface area contributed by atoms with Crippen molar-refractivity contribution >= 4 is 29.0 Å². The summed E-state index contributed by atoms with van der Waals surface area (Å²) in [6, 6.07) is 5.70. The van der Waals surface area contributed by atoms with Gasteiger partial charge in [-0.05, 0) is 12.1 Å². The molecule has 0 spiro atoms. The first-order valence-electron chi connectivity index (χ1n) is 5.12. The van der Waals surface area contributed by atoms with Gasteiger partial charge in [-0.2, -0.15) is 0 Å². The minimum atomic E-state index is -0.0914. The second kappa shape index (κ2) is 3.49. The van der Waals surface area contributed by atoms with Gasteiger partial charge in [-0.1, -0.05) is 6.07 Å². The van der Waals surface area contributed by atoms with Crippen LogP contribution in [0.25, 0.3) is 5.65 Å². The Kier molecular flexibility index (Phi) is 2.11. The van der Waals surface area contributed by atoms with Crippen molar-refractivity contribution in [2.24, 2.45) is 0 Å². The van der Waals surface area contributed by atoms with Gasteiger partial charge in [-0.15, -0.1) is 11.6 Å². The smallest absolute Gasteiger partial charge is 0.229 e. The summed E-state index contributed by atoms with van der Waals surface area (Å²) < 4.78 is 1.90. The highest BCUT2D eigenvalue weighted by molar-refractivity contribution is 6.24. The van der Waals surface area contributed by atoms with E-state index in [0.29, 0.717) is 13.0 Å². The van der Waals surface area contributed by atoms with E-state index in [-0.39, 0.29) is 11.3 Å². The number of rotatable bonds is 1. The normalized spacial score (nSPS) is 20.9. The molecule has 0 aliphatic carbocycles. The summed E-state index contributed by atoms with van der Waals surface area (Å²) in [6.45, 7) is 0.567. The summed E-state index contributed by atoms with van der Waals surface area (Å²) in [7, 11) is 0. The van der Waals surface area contributed by atoms with Crippen molar-refractivity contribution in [2.75, 3.05) is 11.4 Å². The number of alkyl halides is 1. The molecule has 1 aliphatic rings. The molecule has 3 rings (SSSR count). The average molecular weight is 236 g/mol. The highest BCUT2D eigenvalue weighted by atomic mass is 35.5. The third kappa shape index (κ3) is 1.38. The van der Waals surface area contributed by atoms with Crippen LogP contribution in [0.15, 0.2) is 30.6 Å². The Balaban J connectivity index is 2.12. The van der Waals surface area contributed by atoms with Crippen LogP contribution in [0, 0.1) is 0 Å². The first-order chi connectivity index (χ1) is 7.75. The van der Waals surface area contributed by atoms with Gasteiger partial charge in [0.15, 0.2) is 0 Å². The topological polar surface area (TPSA) is 37.6 Å². The van der Waals surface area contributed by atoms with Crippen LogP contribution in [-0.4, -0.2) is 27.2 Å². The van der Waals surface area contributed by atoms with Gasteiger partial charge in [0, 0.05) is 25.4 Å². The van der Waals surface area contributed by atoms with E-state index in [1.54, 1.807) is 11.1 Å². The molecule has 2 aromatic rings. The largest absolute Gasteiger partial charge is 0.296 e. The fourth-order valence-corrected chi connectivity index (χ4v) is 2.31. The number of hydrogen-bond donors (Lipinski definition) is 0. The average Bonchev–Trinajstić information content (AvgIpc) is 2.84. The standard InChI is InChI=1S/C11H10ClN3O/c12-8-6-11(16)15(7-8)10-3-1-2-9-13-4-5-14(9)10/h1-5,8H,6-7H2. The first kappa shape index (κ1) is 9.66. The van der Waals surface area contributed by atoms with Gasteiger partial charge < -0.3 is 0 Å². The van der Waals surface area contributed by atoms with Crippen LogP contribution in [0.3, 0.4) is 0 Å². The summed E-state index contributed by atoms with van der Waals surface area (Å²) in [5.41, 5.74) is 0.836. The lowest BCUT2D eigenvalue weighted by molar-refractivity contribution is -0.117. The molecule has 1 saturated heterocycles. The monoisotopic (exact) mass is 235 g/mol. The predicted octanol–water partition coefficient (Wildman–Crippen LogP) is 1.68. The zero-order valence-electron chi connectivity index (χ0n) is 8.51. The SMILES string of the molecule is O=C1CC(Cl)CN1c1cccc2nccn12. The maximum Gasteiger partial charge on any atom is 0.229 e. The van der Waals surface area contributed by atoms with Crippen molar-refractivity contribution in [1.29, 1.82) is 0 Å². The second-order valence-electron chi connectivity index (χ2n) is 3.85. The Morgan fingerprint density at radius 2 is 2.31 bits per heavy atom. The van der Waals surface area contributed by atoms with Crippen LogP contribution >= 0.6 is 11.6 Å². The van der Waals surface area contributed by atoms with Crippen LogP contribution in [0.1, 0.15) is 6.42 Å². The number of aromatic nitrogens is 2. The van der Waals surface area contributed by atoms with E-state index in [0.717, 1.165) is 11.5 Å². The van der Waals surface area contributed by atoms with Crippen LogP contribution in [0.4, 0.5) is 5.82 Å². The molecular weight excluding hydrogens is 226 g/mol. The third-order valence-corrected chi connectivity index (χ3v) is 3.05. The number of nitrogens with zero attached hydrogens (tertiary/aromatic N) is 3. The number of carbonyl (C=O) groups is 1. The van der Waals surface area contributed by atoms with Crippen LogP contribution in [0.5, 0.6) is 0 Å². The quantitative estimate of drug-likeness (QED) is 0.706. The molecule has 0 radical (unpaired) electrons. The summed E-state index contributed by atoms with van der Waals surface area (Å²) in [5.74, 6) is 0.907. The van der Waals surface area contributed by atoms with Crippen molar-refractivity contribution in [1.82, 2.24) is 9.38 Å². The molecule has 0 N–H and O–H groups in total. The van der Waals surface area contributed by atoms with Crippen molar-refractivity contribution in [3.05, 3.63) is 30.6 Å².